The minimum absolute atomic E-state index is 0.389. The number of nitro groups is 1. The Kier molecular flexibility index (Phi) is 3.94. The van der Waals surface area contributed by atoms with E-state index in [1.165, 1.54) is 6.07 Å². The lowest BCUT2D eigenvalue weighted by Gasteiger charge is -2.12. The van der Waals surface area contributed by atoms with Crippen LogP contribution in [0.3, 0.4) is 0 Å². The van der Waals surface area contributed by atoms with Gasteiger partial charge in [-0.2, -0.15) is 18.2 Å². The van der Waals surface area contributed by atoms with Crippen molar-refractivity contribution >= 4 is 17.3 Å². The normalized spacial score (nSPS) is 11.2. The van der Waals surface area contributed by atoms with Crippen LogP contribution < -0.4 is 4.74 Å². The number of rotatable bonds is 3. The minimum Gasteiger partial charge on any atom is -0.433 e. The van der Waals surface area contributed by atoms with E-state index in [9.17, 15) is 23.3 Å². The molecule has 1 aromatic carbocycles. The van der Waals surface area contributed by atoms with Crippen LogP contribution in [-0.4, -0.2) is 14.9 Å². The molecular formula is C11H5ClF3N3O3. The zero-order valence-electron chi connectivity index (χ0n) is 9.96. The second-order valence-electron chi connectivity index (χ2n) is 3.68. The maximum atomic E-state index is 12.8. The quantitative estimate of drug-likeness (QED) is 0.488. The second-order valence-corrected chi connectivity index (χ2v) is 4.02. The van der Waals surface area contributed by atoms with Gasteiger partial charge >= 0.3 is 17.7 Å². The van der Waals surface area contributed by atoms with Crippen LogP contribution in [0.15, 0.2) is 30.5 Å². The van der Waals surface area contributed by atoms with Crippen molar-refractivity contribution in [2.24, 2.45) is 0 Å². The van der Waals surface area contributed by atoms with Crippen LogP contribution in [0, 0.1) is 10.1 Å². The van der Waals surface area contributed by atoms with Crippen molar-refractivity contribution in [2.75, 3.05) is 0 Å². The number of ether oxygens (including phenoxy) is 1. The molecule has 0 N–H and O–H groups in total. The molecule has 0 spiro atoms. The summed E-state index contributed by atoms with van der Waals surface area (Å²) in [4.78, 5) is 16.7. The van der Waals surface area contributed by atoms with Gasteiger partial charge in [-0.1, -0.05) is 12.1 Å². The molecule has 2 rings (SSSR count). The van der Waals surface area contributed by atoms with E-state index in [1.807, 2.05) is 0 Å². The molecule has 2 aromatic rings. The van der Waals surface area contributed by atoms with Crippen molar-refractivity contribution in [1.29, 1.82) is 0 Å². The van der Waals surface area contributed by atoms with E-state index >= 15 is 0 Å². The second kappa shape index (κ2) is 5.52. The Morgan fingerprint density at radius 3 is 2.57 bits per heavy atom. The van der Waals surface area contributed by atoms with E-state index in [0.717, 1.165) is 24.4 Å². The highest BCUT2D eigenvalue weighted by Gasteiger charge is 2.35. The summed E-state index contributed by atoms with van der Waals surface area (Å²) in [5, 5.41) is 10.4. The van der Waals surface area contributed by atoms with Crippen molar-refractivity contribution in [3.05, 3.63) is 51.4 Å². The zero-order chi connectivity index (χ0) is 15.6. The molecular weight excluding hydrogens is 315 g/mol. The Labute approximate surface area is 120 Å². The summed E-state index contributed by atoms with van der Waals surface area (Å²) >= 11 is 5.47. The van der Waals surface area contributed by atoms with Gasteiger partial charge in [0.2, 0.25) is 5.28 Å². The van der Waals surface area contributed by atoms with E-state index in [2.05, 4.69) is 9.97 Å². The molecule has 0 fully saturated rings. The molecule has 10 heteroatoms. The molecule has 0 bridgehead atoms. The van der Waals surface area contributed by atoms with Crippen molar-refractivity contribution in [3.63, 3.8) is 0 Å². The average molecular weight is 320 g/mol. The van der Waals surface area contributed by atoms with Crippen LogP contribution >= 0.6 is 11.6 Å². The van der Waals surface area contributed by atoms with E-state index in [0.29, 0.717) is 0 Å². The van der Waals surface area contributed by atoms with E-state index < -0.39 is 34.0 Å². The molecule has 0 atom stereocenters. The van der Waals surface area contributed by atoms with Gasteiger partial charge in [-0.05, 0) is 23.7 Å². The first-order valence-electron chi connectivity index (χ1n) is 5.30. The lowest BCUT2D eigenvalue weighted by Crippen LogP contribution is -2.07. The molecule has 1 heterocycles. The maximum Gasteiger partial charge on any atom is 0.419 e. The van der Waals surface area contributed by atoms with Crippen LogP contribution in [-0.2, 0) is 6.18 Å². The Bertz CT molecular complexity index is 694. The number of para-hydroxylation sites is 1. The summed E-state index contributed by atoms with van der Waals surface area (Å²) in [5.41, 5.74) is -1.79. The van der Waals surface area contributed by atoms with Crippen LogP contribution in [0.25, 0.3) is 0 Å². The van der Waals surface area contributed by atoms with E-state index in [-0.39, 0.29) is 5.28 Å². The molecule has 0 saturated heterocycles. The number of alkyl halides is 3. The third-order valence-corrected chi connectivity index (χ3v) is 2.48. The minimum atomic E-state index is -4.68. The number of aromatic nitrogens is 2. The number of benzene rings is 1. The summed E-state index contributed by atoms with van der Waals surface area (Å²) in [5.74, 6) is -1.29. The fourth-order valence-corrected chi connectivity index (χ4v) is 1.56. The summed E-state index contributed by atoms with van der Waals surface area (Å²) in [6.07, 6.45) is -3.93. The van der Waals surface area contributed by atoms with Gasteiger partial charge in [0.05, 0.1) is 10.5 Å². The first-order valence-corrected chi connectivity index (χ1v) is 5.68. The first kappa shape index (κ1) is 15.0. The lowest BCUT2D eigenvalue weighted by atomic mass is 10.2. The third-order valence-electron chi connectivity index (χ3n) is 2.30. The van der Waals surface area contributed by atoms with E-state index in [1.54, 1.807) is 0 Å². The highest BCUT2D eigenvalue weighted by atomic mass is 35.5. The van der Waals surface area contributed by atoms with Gasteiger partial charge in [0.25, 0.3) is 0 Å². The van der Waals surface area contributed by atoms with Crippen LogP contribution in [0.1, 0.15) is 5.56 Å². The molecule has 0 unspecified atom stereocenters. The number of hydrogen-bond acceptors (Lipinski definition) is 5. The summed E-state index contributed by atoms with van der Waals surface area (Å²) < 4.78 is 43.4. The van der Waals surface area contributed by atoms with Crippen LogP contribution in [0.2, 0.25) is 5.28 Å². The molecule has 0 aliphatic carbocycles. The molecule has 6 nitrogen and oxygen atoms in total. The zero-order valence-corrected chi connectivity index (χ0v) is 10.7. The van der Waals surface area contributed by atoms with Gasteiger partial charge in [-0.3, -0.25) is 10.1 Å². The van der Waals surface area contributed by atoms with Gasteiger partial charge in [0, 0.05) is 0 Å². The van der Waals surface area contributed by atoms with Crippen molar-refractivity contribution < 1.29 is 22.8 Å². The van der Waals surface area contributed by atoms with Gasteiger partial charge in [-0.15, -0.1) is 0 Å². The largest absolute Gasteiger partial charge is 0.433 e. The third kappa shape index (κ3) is 3.37. The van der Waals surface area contributed by atoms with Crippen molar-refractivity contribution in [3.8, 4) is 11.6 Å². The Morgan fingerprint density at radius 2 is 1.95 bits per heavy atom. The molecule has 0 saturated carbocycles. The highest BCUT2D eigenvalue weighted by Crippen LogP contribution is 2.39. The molecule has 21 heavy (non-hydrogen) atoms. The molecule has 1 aromatic heterocycles. The summed E-state index contributed by atoms with van der Waals surface area (Å²) in [6, 6.07) is 4.25. The maximum absolute atomic E-state index is 12.8. The number of hydrogen-bond donors (Lipinski definition) is 0. The average Bonchev–Trinajstić information content (AvgIpc) is 2.37. The number of nitrogens with zero attached hydrogens (tertiary/aromatic N) is 3. The monoisotopic (exact) mass is 319 g/mol. The predicted octanol–water partition coefficient (Wildman–Crippen LogP) is 3.85. The standard InChI is InChI=1S/C11H5ClF3N3O3/c12-10-16-5-7(18(19)20)9(17-10)21-8-4-2-1-3-6(8)11(13,14)15/h1-5H. The van der Waals surface area contributed by atoms with Crippen LogP contribution in [0.4, 0.5) is 18.9 Å². The van der Waals surface area contributed by atoms with Crippen molar-refractivity contribution in [1.82, 2.24) is 9.97 Å². The predicted molar refractivity (Wildman–Crippen MR) is 65.2 cm³/mol. The SMILES string of the molecule is O=[N+]([O-])c1cnc(Cl)nc1Oc1ccccc1C(F)(F)F. The fraction of sp³-hybridized carbons (Fsp3) is 0.0909. The van der Waals surface area contributed by atoms with Gasteiger partial charge in [-0.25, -0.2) is 4.98 Å². The summed E-state index contributed by atoms with van der Waals surface area (Å²) in [6.45, 7) is 0. The van der Waals surface area contributed by atoms with Gasteiger partial charge in [0.15, 0.2) is 0 Å². The smallest absolute Gasteiger partial charge is 0.419 e. The van der Waals surface area contributed by atoms with Crippen LogP contribution in [0.5, 0.6) is 11.6 Å². The van der Waals surface area contributed by atoms with E-state index in [4.69, 9.17) is 16.3 Å². The van der Waals surface area contributed by atoms with Gasteiger partial charge < -0.3 is 4.74 Å². The Balaban J connectivity index is 2.49. The fourth-order valence-electron chi connectivity index (χ4n) is 1.43. The topological polar surface area (TPSA) is 78.2 Å². The Morgan fingerprint density at radius 1 is 1.29 bits per heavy atom. The van der Waals surface area contributed by atoms with Gasteiger partial charge in [0.1, 0.15) is 11.9 Å². The molecule has 0 radical (unpaired) electrons. The molecule has 110 valence electrons. The Hall–Kier alpha value is -2.42. The highest BCUT2D eigenvalue weighted by molar-refractivity contribution is 6.28. The number of halogens is 4. The van der Waals surface area contributed by atoms with Crippen molar-refractivity contribution in [2.45, 2.75) is 6.18 Å². The summed E-state index contributed by atoms with van der Waals surface area (Å²) in [7, 11) is 0. The first-order chi connectivity index (χ1) is 9.79. The molecule has 0 aliphatic heterocycles. The molecule has 0 aliphatic rings. The lowest BCUT2D eigenvalue weighted by molar-refractivity contribution is -0.386. The molecule has 0 amide bonds.